The van der Waals surface area contributed by atoms with E-state index in [1.807, 2.05) is 0 Å². The number of nitrogens with one attached hydrogen (secondary N) is 2. The molecule has 4 rings (SSSR count). The molecule has 3 aromatic carbocycles. The minimum Gasteiger partial charge on any atom is -0.298 e. The number of carbonyl (C=O) groups is 1. The van der Waals surface area contributed by atoms with Gasteiger partial charge in [-0.3, -0.25) is 14.8 Å². The Bertz CT molecular complexity index is 1440. The van der Waals surface area contributed by atoms with Gasteiger partial charge in [-0.05, 0) is 48.5 Å². The maximum atomic E-state index is 13.1. The highest BCUT2D eigenvalue weighted by Crippen LogP contribution is 2.31. The van der Waals surface area contributed by atoms with Gasteiger partial charge in [0, 0.05) is 10.9 Å². The highest BCUT2D eigenvalue weighted by atomic mass is 35.5. The Balaban J connectivity index is 1.55. The number of sulfonamides is 1. The van der Waals surface area contributed by atoms with Crippen LogP contribution in [0.15, 0.2) is 77.0 Å². The summed E-state index contributed by atoms with van der Waals surface area (Å²) in [4.78, 5) is 17.1. The van der Waals surface area contributed by atoms with Gasteiger partial charge in [0.05, 0.1) is 31.9 Å². The van der Waals surface area contributed by atoms with Crippen molar-refractivity contribution in [1.29, 1.82) is 0 Å². The van der Waals surface area contributed by atoms with Crippen molar-refractivity contribution in [2.75, 3.05) is 10.0 Å². The second kappa shape index (κ2) is 9.48. The van der Waals surface area contributed by atoms with Crippen molar-refractivity contribution in [3.63, 3.8) is 0 Å². The summed E-state index contributed by atoms with van der Waals surface area (Å²) in [5.41, 5.74) is 1.49. The Hall–Kier alpha value is -2.98. The molecule has 0 radical (unpaired) electrons. The van der Waals surface area contributed by atoms with Crippen LogP contribution in [0.3, 0.4) is 0 Å². The van der Waals surface area contributed by atoms with Gasteiger partial charge in [-0.15, -0.1) is 11.3 Å². The molecule has 11 heteroatoms. The highest BCUT2D eigenvalue weighted by Gasteiger charge is 2.19. The SMILES string of the molecule is O=C(Nc1nc(-c2ccc(Cl)c(Cl)c2)cs1)c1ccccc1NS(=O)(=O)c1ccc(F)cc1. The topological polar surface area (TPSA) is 88.2 Å². The first-order valence-corrected chi connectivity index (χ1v) is 12.4. The number of para-hydroxylation sites is 1. The fraction of sp³-hybridized carbons (Fsp3) is 0. The molecule has 0 aliphatic heterocycles. The van der Waals surface area contributed by atoms with E-state index < -0.39 is 21.7 Å². The van der Waals surface area contributed by atoms with Crippen molar-refractivity contribution in [2.45, 2.75) is 4.90 Å². The number of hydrogen-bond donors (Lipinski definition) is 2. The third-order valence-electron chi connectivity index (χ3n) is 4.48. The molecule has 0 aliphatic carbocycles. The molecule has 0 atom stereocenters. The molecule has 0 saturated heterocycles. The van der Waals surface area contributed by atoms with Crippen LogP contribution in [0.4, 0.5) is 15.2 Å². The van der Waals surface area contributed by atoms with E-state index in [1.54, 1.807) is 35.7 Å². The number of hydrogen-bond acceptors (Lipinski definition) is 5. The van der Waals surface area contributed by atoms with Gasteiger partial charge in [0.25, 0.3) is 15.9 Å². The van der Waals surface area contributed by atoms with Gasteiger partial charge < -0.3 is 0 Å². The molecule has 168 valence electrons. The van der Waals surface area contributed by atoms with E-state index in [0.717, 1.165) is 29.8 Å². The molecule has 6 nitrogen and oxygen atoms in total. The maximum absolute atomic E-state index is 13.1. The largest absolute Gasteiger partial charge is 0.298 e. The molecule has 0 unspecified atom stereocenters. The fourth-order valence-electron chi connectivity index (χ4n) is 2.87. The van der Waals surface area contributed by atoms with Crippen LogP contribution < -0.4 is 10.0 Å². The number of amides is 1. The van der Waals surface area contributed by atoms with Gasteiger partial charge in [-0.25, -0.2) is 17.8 Å². The molecule has 0 spiro atoms. The maximum Gasteiger partial charge on any atom is 0.261 e. The van der Waals surface area contributed by atoms with Gasteiger partial charge >= 0.3 is 0 Å². The zero-order valence-electron chi connectivity index (χ0n) is 16.6. The van der Waals surface area contributed by atoms with E-state index in [4.69, 9.17) is 23.2 Å². The van der Waals surface area contributed by atoms with Crippen LogP contribution in [0.5, 0.6) is 0 Å². The first-order chi connectivity index (χ1) is 15.7. The summed E-state index contributed by atoms with van der Waals surface area (Å²) in [5, 5.41) is 5.54. The minimum atomic E-state index is -4.03. The van der Waals surface area contributed by atoms with Crippen molar-refractivity contribution >= 4 is 61.3 Å². The molecule has 1 heterocycles. The van der Waals surface area contributed by atoms with E-state index >= 15 is 0 Å². The fourth-order valence-corrected chi connectivity index (χ4v) is 4.96. The molecule has 1 aromatic heterocycles. The Morgan fingerprint density at radius 2 is 1.70 bits per heavy atom. The third kappa shape index (κ3) is 5.33. The monoisotopic (exact) mass is 521 g/mol. The van der Waals surface area contributed by atoms with Gasteiger partial charge in [-0.1, -0.05) is 41.4 Å². The lowest BCUT2D eigenvalue weighted by atomic mass is 10.2. The summed E-state index contributed by atoms with van der Waals surface area (Å²) in [5.74, 6) is -1.11. The summed E-state index contributed by atoms with van der Waals surface area (Å²) in [6, 6.07) is 15.6. The Morgan fingerprint density at radius 3 is 2.42 bits per heavy atom. The summed E-state index contributed by atoms with van der Waals surface area (Å²) < 4.78 is 40.8. The predicted molar refractivity (Wildman–Crippen MR) is 129 cm³/mol. The third-order valence-corrected chi connectivity index (χ3v) is 7.36. The van der Waals surface area contributed by atoms with Gasteiger partial charge in [-0.2, -0.15) is 0 Å². The molecule has 33 heavy (non-hydrogen) atoms. The quantitative estimate of drug-likeness (QED) is 0.311. The molecule has 0 bridgehead atoms. The van der Waals surface area contributed by atoms with E-state index in [-0.39, 0.29) is 16.1 Å². The molecule has 1 amide bonds. The van der Waals surface area contributed by atoms with Crippen LogP contribution in [-0.4, -0.2) is 19.3 Å². The van der Waals surface area contributed by atoms with Crippen LogP contribution in [0.25, 0.3) is 11.3 Å². The predicted octanol–water partition coefficient (Wildman–Crippen LogP) is 6.31. The number of benzene rings is 3. The van der Waals surface area contributed by atoms with Gasteiger partial charge in [0.15, 0.2) is 5.13 Å². The Kier molecular flexibility index (Phi) is 6.66. The van der Waals surface area contributed by atoms with Crippen LogP contribution in [0.2, 0.25) is 10.0 Å². The standard InChI is InChI=1S/C22H14Cl2FN3O3S2/c23-17-10-5-13(11-18(17)24)20-12-32-22(26-20)27-21(29)16-3-1-2-4-19(16)28-33(30,31)15-8-6-14(25)7-9-15/h1-12,28H,(H,26,27,29). The lowest BCUT2D eigenvalue weighted by Gasteiger charge is -2.12. The molecule has 0 aliphatic rings. The van der Waals surface area contributed by atoms with Gasteiger partial charge in [0.1, 0.15) is 5.82 Å². The Labute approximate surface area is 203 Å². The normalized spacial score (nSPS) is 11.2. The summed E-state index contributed by atoms with van der Waals surface area (Å²) in [7, 11) is -4.03. The average Bonchev–Trinajstić information content (AvgIpc) is 3.24. The molecule has 0 saturated carbocycles. The van der Waals surface area contributed by atoms with Crippen LogP contribution >= 0.6 is 34.5 Å². The van der Waals surface area contributed by atoms with Crippen molar-refractivity contribution in [1.82, 2.24) is 4.98 Å². The summed E-state index contributed by atoms with van der Waals surface area (Å²) >= 11 is 13.2. The Morgan fingerprint density at radius 1 is 0.970 bits per heavy atom. The number of rotatable bonds is 6. The van der Waals surface area contributed by atoms with E-state index in [2.05, 4.69) is 15.0 Å². The molecular weight excluding hydrogens is 508 g/mol. The first kappa shape index (κ1) is 23.2. The summed E-state index contributed by atoms with van der Waals surface area (Å²) in [6.45, 7) is 0. The number of anilines is 2. The first-order valence-electron chi connectivity index (χ1n) is 9.33. The second-order valence-electron chi connectivity index (χ2n) is 6.73. The smallest absolute Gasteiger partial charge is 0.261 e. The zero-order chi connectivity index (χ0) is 23.6. The van der Waals surface area contributed by atoms with Gasteiger partial charge in [0.2, 0.25) is 0 Å². The molecule has 2 N–H and O–H groups in total. The van der Waals surface area contributed by atoms with E-state index in [1.165, 1.54) is 23.5 Å². The number of halogens is 3. The van der Waals surface area contributed by atoms with Crippen molar-refractivity contribution in [2.24, 2.45) is 0 Å². The number of carbonyl (C=O) groups excluding carboxylic acids is 1. The molecule has 0 fully saturated rings. The van der Waals surface area contributed by atoms with E-state index in [9.17, 15) is 17.6 Å². The zero-order valence-corrected chi connectivity index (χ0v) is 19.7. The van der Waals surface area contributed by atoms with Crippen molar-refractivity contribution in [3.05, 3.63) is 93.5 Å². The number of thiazole rings is 1. The highest BCUT2D eigenvalue weighted by molar-refractivity contribution is 7.92. The van der Waals surface area contributed by atoms with Crippen LogP contribution in [0.1, 0.15) is 10.4 Å². The lowest BCUT2D eigenvalue weighted by Crippen LogP contribution is -2.18. The second-order valence-corrected chi connectivity index (χ2v) is 10.1. The molecular formula is C22H14Cl2FN3O3S2. The van der Waals surface area contributed by atoms with E-state index in [0.29, 0.717) is 20.9 Å². The number of nitrogens with zero attached hydrogens (tertiary/aromatic N) is 1. The van der Waals surface area contributed by atoms with Crippen molar-refractivity contribution in [3.8, 4) is 11.3 Å². The summed E-state index contributed by atoms with van der Waals surface area (Å²) in [6.07, 6.45) is 0. The average molecular weight is 522 g/mol. The lowest BCUT2D eigenvalue weighted by molar-refractivity contribution is 0.102. The van der Waals surface area contributed by atoms with Crippen LogP contribution in [0, 0.1) is 5.82 Å². The van der Waals surface area contributed by atoms with Crippen LogP contribution in [-0.2, 0) is 10.0 Å². The molecule has 4 aromatic rings. The number of aromatic nitrogens is 1. The minimum absolute atomic E-state index is 0.0700. The van der Waals surface area contributed by atoms with Crippen molar-refractivity contribution < 1.29 is 17.6 Å².